The molecule has 0 unspecified atom stereocenters. The van der Waals surface area contributed by atoms with Gasteiger partial charge in [0.05, 0.1) is 29.6 Å². The summed E-state index contributed by atoms with van der Waals surface area (Å²) in [6, 6.07) is 0. The Labute approximate surface area is 127 Å². The third kappa shape index (κ3) is 1.99. The molecule has 0 spiro atoms. The van der Waals surface area contributed by atoms with Crippen molar-refractivity contribution in [1.82, 2.24) is 0 Å². The van der Waals surface area contributed by atoms with E-state index in [0.29, 0.717) is 0 Å². The predicted octanol–water partition coefficient (Wildman–Crippen LogP) is 0.372. The van der Waals surface area contributed by atoms with Crippen molar-refractivity contribution in [1.29, 1.82) is 0 Å². The fraction of sp³-hybridized carbons (Fsp3) is 0.667. The topological polar surface area (TPSA) is 87.0 Å². The highest BCUT2D eigenvalue weighted by atomic mass is 35.5. The molecule has 116 valence electrons. The van der Waals surface area contributed by atoms with E-state index in [9.17, 15) is 20.1 Å². The van der Waals surface area contributed by atoms with Crippen molar-refractivity contribution in [2.45, 2.75) is 37.3 Å². The third-order valence-corrected chi connectivity index (χ3v) is 5.62. The lowest BCUT2D eigenvalue weighted by Crippen LogP contribution is -2.48. The molecule has 2 fully saturated rings. The Balaban J connectivity index is 2.10. The maximum absolute atomic E-state index is 11.8. The Kier molecular flexibility index (Phi) is 3.44. The summed E-state index contributed by atoms with van der Waals surface area (Å²) in [7, 11) is 0. The van der Waals surface area contributed by atoms with Gasteiger partial charge in [-0.2, -0.15) is 0 Å². The van der Waals surface area contributed by atoms with Crippen molar-refractivity contribution in [2.75, 3.05) is 5.88 Å². The molecule has 0 aromatic carbocycles. The molecule has 5 nitrogen and oxygen atoms in total. The average molecular weight is 315 g/mol. The number of esters is 1. The van der Waals surface area contributed by atoms with E-state index < -0.39 is 41.7 Å². The van der Waals surface area contributed by atoms with Gasteiger partial charge < -0.3 is 20.1 Å². The zero-order valence-electron chi connectivity index (χ0n) is 11.7. The number of rotatable bonds is 1. The minimum atomic E-state index is -1.42. The van der Waals surface area contributed by atoms with Gasteiger partial charge in [0.15, 0.2) is 0 Å². The summed E-state index contributed by atoms with van der Waals surface area (Å²) in [5.74, 6) is -2.17. The van der Waals surface area contributed by atoms with E-state index >= 15 is 0 Å². The molecule has 1 aliphatic heterocycles. The van der Waals surface area contributed by atoms with Crippen molar-refractivity contribution in [2.24, 2.45) is 17.8 Å². The van der Waals surface area contributed by atoms with Gasteiger partial charge in [-0.1, -0.05) is 18.2 Å². The Bertz CT molecular complexity index is 530. The van der Waals surface area contributed by atoms with Gasteiger partial charge in [-0.15, -0.1) is 11.6 Å². The van der Waals surface area contributed by atoms with E-state index in [1.165, 1.54) is 0 Å². The molecule has 1 saturated carbocycles. The van der Waals surface area contributed by atoms with Crippen LogP contribution in [0.5, 0.6) is 0 Å². The molecular formula is C15H19ClO5. The number of ether oxygens (including phenoxy) is 1. The second kappa shape index (κ2) is 4.81. The number of aliphatic hydroxyl groups is 3. The van der Waals surface area contributed by atoms with E-state index in [1.54, 1.807) is 6.08 Å². The number of aliphatic hydroxyl groups excluding tert-OH is 2. The van der Waals surface area contributed by atoms with Gasteiger partial charge in [0.1, 0.15) is 6.10 Å². The van der Waals surface area contributed by atoms with E-state index in [1.807, 2.05) is 6.92 Å². The SMILES string of the molecule is C=C1C(=O)O[C@@H]2[C@H]3C(C)=C[C@H](O)[C@H]3[C@@](O)(CCl)C[C@@H](O)[C@@H]12. The zero-order valence-corrected chi connectivity index (χ0v) is 12.5. The van der Waals surface area contributed by atoms with Crippen molar-refractivity contribution in [3.05, 3.63) is 23.8 Å². The summed E-state index contributed by atoms with van der Waals surface area (Å²) < 4.78 is 5.39. The molecule has 21 heavy (non-hydrogen) atoms. The van der Waals surface area contributed by atoms with E-state index in [2.05, 4.69) is 6.58 Å². The van der Waals surface area contributed by atoms with E-state index in [4.69, 9.17) is 16.3 Å². The van der Waals surface area contributed by atoms with Crippen LogP contribution in [0.1, 0.15) is 13.3 Å². The summed E-state index contributed by atoms with van der Waals surface area (Å²) in [5, 5.41) is 31.6. The first-order valence-corrected chi connectivity index (χ1v) is 7.56. The average Bonchev–Trinajstić information content (AvgIpc) is 2.83. The molecule has 1 saturated heterocycles. The van der Waals surface area contributed by atoms with Crippen molar-refractivity contribution in [3.63, 3.8) is 0 Å². The quantitative estimate of drug-likeness (QED) is 0.282. The maximum atomic E-state index is 11.8. The number of halogens is 1. The summed E-state index contributed by atoms with van der Waals surface area (Å²) in [6.07, 6.45) is -0.834. The van der Waals surface area contributed by atoms with Gasteiger partial charge in [-0.25, -0.2) is 4.79 Å². The molecule has 3 rings (SSSR count). The lowest BCUT2D eigenvalue weighted by atomic mass is 9.75. The molecule has 0 aromatic rings. The smallest absolute Gasteiger partial charge is 0.334 e. The van der Waals surface area contributed by atoms with Gasteiger partial charge in [0, 0.05) is 23.8 Å². The largest absolute Gasteiger partial charge is 0.458 e. The number of carbonyl (C=O) groups excluding carboxylic acids is 1. The molecule has 2 aliphatic carbocycles. The summed E-state index contributed by atoms with van der Waals surface area (Å²) in [5.41, 5.74) is -0.363. The predicted molar refractivity (Wildman–Crippen MR) is 75.5 cm³/mol. The van der Waals surface area contributed by atoms with Crippen LogP contribution in [0.3, 0.4) is 0 Å². The molecule has 1 heterocycles. The minimum Gasteiger partial charge on any atom is -0.458 e. The Hall–Kier alpha value is -0.880. The Morgan fingerprint density at radius 2 is 2.14 bits per heavy atom. The molecule has 0 bridgehead atoms. The van der Waals surface area contributed by atoms with Crippen LogP contribution >= 0.6 is 11.6 Å². The first kappa shape index (κ1) is 15.0. The highest BCUT2D eigenvalue weighted by molar-refractivity contribution is 6.18. The number of carbonyl (C=O) groups is 1. The van der Waals surface area contributed by atoms with Crippen molar-refractivity contribution in [3.8, 4) is 0 Å². The van der Waals surface area contributed by atoms with Gasteiger partial charge in [0.2, 0.25) is 0 Å². The van der Waals surface area contributed by atoms with Crippen LogP contribution in [-0.2, 0) is 9.53 Å². The lowest BCUT2D eigenvalue weighted by molar-refractivity contribution is -0.143. The third-order valence-electron chi connectivity index (χ3n) is 5.16. The van der Waals surface area contributed by atoms with Crippen LogP contribution in [0.25, 0.3) is 0 Å². The first-order valence-electron chi connectivity index (χ1n) is 7.02. The van der Waals surface area contributed by atoms with Gasteiger partial charge in [-0.05, 0) is 6.92 Å². The van der Waals surface area contributed by atoms with Crippen LogP contribution in [-0.4, -0.2) is 51.1 Å². The molecule has 0 aromatic heterocycles. The molecule has 3 aliphatic rings. The second-order valence-corrected chi connectivity index (χ2v) is 6.65. The monoisotopic (exact) mass is 314 g/mol. The standard InChI is InChI=1S/C15H19ClO5/c1-6-3-8(17)12-10(6)13-11(7(2)14(19)21-13)9(18)4-15(12,20)5-16/h3,8-13,17-18,20H,2,4-5H2,1H3/t8-,9+,10-,11+,12+,13+,15-/m0/s1. The highest BCUT2D eigenvalue weighted by Crippen LogP contribution is 2.52. The number of hydrogen-bond acceptors (Lipinski definition) is 5. The maximum Gasteiger partial charge on any atom is 0.334 e. The Morgan fingerprint density at radius 3 is 2.76 bits per heavy atom. The molecular weight excluding hydrogens is 296 g/mol. The minimum absolute atomic E-state index is 0.0212. The van der Waals surface area contributed by atoms with E-state index in [-0.39, 0.29) is 23.8 Å². The highest BCUT2D eigenvalue weighted by Gasteiger charge is 2.60. The summed E-state index contributed by atoms with van der Waals surface area (Å²) in [4.78, 5) is 11.8. The number of alkyl halides is 1. The van der Waals surface area contributed by atoms with Crippen LogP contribution in [0.15, 0.2) is 23.8 Å². The zero-order chi connectivity index (χ0) is 15.5. The van der Waals surface area contributed by atoms with Crippen LogP contribution in [0, 0.1) is 17.8 Å². The normalized spacial score (nSPS) is 49.3. The first-order chi connectivity index (χ1) is 9.80. The van der Waals surface area contributed by atoms with Gasteiger partial charge in [0.25, 0.3) is 0 Å². The number of hydrogen-bond donors (Lipinski definition) is 3. The van der Waals surface area contributed by atoms with E-state index in [0.717, 1.165) is 5.57 Å². The number of fused-ring (bicyclic) bond motifs is 3. The molecule has 6 heteroatoms. The van der Waals surface area contributed by atoms with Crippen molar-refractivity contribution >= 4 is 17.6 Å². The van der Waals surface area contributed by atoms with Crippen molar-refractivity contribution < 1.29 is 24.9 Å². The van der Waals surface area contributed by atoms with Crippen LogP contribution in [0.4, 0.5) is 0 Å². The summed E-state index contributed by atoms with van der Waals surface area (Å²) in [6.45, 7) is 5.54. The fourth-order valence-corrected chi connectivity index (χ4v) is 4.51. The lowest BCUT2D eigenvalue weighted by Gasteiger charge is -2.37. The van der Waals surface area contributed by atoms with Gasteiger partial charge >= 0.3 is 5.97 Å². The second-order valence-electron chi connectivity index (χ2n) is 6.38. The molecule has 0 radical (unpaired) electrons. The fourth-order valence-electron chi connectivity index (χ4n) is 4.22. The summed E-state index contributed by atoms with van der Waals surface area (Å²) >= 11 is 5.94. The van der Waals surface area contributed by atoms with Gasteiger partial charge in [-0.3, -0.25) is 0 Å². The van der Waals surface area contributed by atoms with Crippen LogP contribution < -0.4 is 0 Å². The van der Waals surface area contributed by atoms with Crippen LogP contribution in [0.2, 0.25) is 0 Å². The molecule has 0 amide bonds. The molecule has 3 N–H and O–H groups in total. The Morgan fingerprint density at radius 1 is 1.48 bits per heavy atom. The molecule has 7 atom stereocenters.